The largest absolute Gasteiger partial charge is 0.302 e. The third-order valence-electron chi connectivity index (χ3n) is 3.59. The molecule has 22 heavy (non-hydrogen) atoms. The van der Waals surface area contributed by atoms with Gasteiger partial charge in [-0.15, -0.1) is 0 Å². The van der Waals surface area contributed by atoms with E-state index in [1.807, 2.05) is 0 Å². The summed E-state index contributed by atoms with van der Waals surface area (Å²) in [6.07, 6.45) is 7.87. The van der Waals surface area contributed by atoms with Gasteiger partial charge in [0.1, 0.15) is 0 Å². The molecule has 1 heterocycles. The highest BCUT2D eigenvalue weighted by atomic mass is 32.2. The standard InChI is InChI=1S/C15H16N2O3S2/c1-22(19,20)11-6-7-12-13(9-11)21-15(16-12)17-14(18)8-10-4-2-3-5-10/h2,4,6-7,9-10H,3,5,8H2,1H3,(H,16,17,18). The third-order valence-corrected chi connectivity index (χ3v) is 5.64. The van der Waals surface area contributed by atoms with Gasteiger partial charge >= 0.3 is 0 Å². The van der Waals surface area contributed by atoms with Crippen molar-refractivity contribution in [1.82, 2.24) is 4.98 Å². The van der Waals surface area contributed by atoms with Gasteiger partial charge in [-0.05, 0) is 37.0 Å². The lowest BCUT2D eigenvalue weighted by molar-refractivity contribution is -0.116. The topological polar surface area (TPSA) is 76.1 Å². The first-order valence-electron chi connectivity index (χ1n) is 6.99. The molecule has 1 aromatic carbocycles. The Balaban J connectivity index is 1.77. The summed E-state index contributed by atoms with van der Waals surface area (Å²) in [5.41, 5.74) is 0.688. The van der Waals surface area contributed by atoms with Crippen molar-refractivity contribution in [2.45, 2.75) is 24.2 Å². The Morgan fingerprint density at radius 2 is 2.27 bits per heavy atom. The number of amides is 1. The molecule has 7 heteroatoms. The van der Waals surface area contributed by atoms with E-state index in [1.165, 1.54) is 23.7 Å². The van der Waals surface area contributed by atoms with Crippen molar-refractivity contribution in [3.05, 3.63) is 30.4 Å². The summed E-state index contributed by atoms with van der Waals surface area (Å²) in [5, 5.41) is 3.31. The van der Waals surface area contributed by atoms with Crippen molar-refractivity contribution in [2.24, 2.45) is 5.92 Å². The minimum Gasteiger partial charge on any atom is -0.302 e. The summed E-state index contributed by atoms with van der Waals surface area (Å²) < 4.78 is 23.9. The Morgan fingerprint density at radius 3 is 2.95 bits per heavy atom. The first-order chi connectivity index (χ1) is 10.4. The Bertz CT molecular complexity index is 853. The van der Waals surface area contributed by atoms with Crippen molar-refractivity contribution in [3.63, 3.8) is 0 Å². The number of carbonyl (C=O) groups excluding carboxylic acids is 1. The number of thiazole rings is 1. The lowest BCUT2D eigenvalue weighted by atomic mass is 10.1. The maximum absolute atomic E-state index is 12.0. The van der Waals surface area contributed by atoms with Gasteiger partial charge in [-0.2, -0.15) is 0 Å². The fraction of sp³-hybridized carbons (Fsp3) is 0.333. The molecule has 1 amide bonds. The van der Waals surface area contributed by atoms with Crippen molar-refractivity contribution in [3.8, 4) is 0 Å². The molecule has 0 spiro atoms. The highest BCUT2D eigenvalue weighted by Crippen LogP contribution is 2.29. The number of nitrogens with one attached hydrogen (secondary N) is 1. The number of sulfone groups is 1. The van der Waals surface area contributed by atoms with Gasteiger partial charge in [0.05, 0.1) is 15.1 Å². The van der Waals surface area contributed by atoms with E-state index in [2.05, 4.69) is 22.5 Å². The fourth-order valence-corrected chi connectivity index (χ4v) is 4.11. The van der Waals surface area contributed by atoms with Crippen LogP contribution in [0.2, 0.25) is 0 Å². The van der Waals surface area contributed by atoms with Crippen molar-refractivity contribution in [1.29, 1.82) is 0 Å². The average molecular weight is 336 g/mol. The Morgan fingerprint density at radius 1 is 1.45 bits per heavy atom. The van der Waals surface area contributed by atoms with Gasteiger partial charge in [0.2, 0.25) is 5.91 Å². The van der Waals surface area contributed by atoms with E-state index in [9.17, 15) is 13.2 Å². The second-order valence-corrected chi connectivity index (χ2v) is 8.48. The highest BCUT2D eigenvalue weighted by Gasteiger charge is 2.16. The van der Waals surface area contributed by atoms with Crippen molar-refractivity contribution >= 4 is 42.4 Å². The summed E-state index contributed by atoms with van der Waals surface area (Å²) >= 11 is 1.29. The van der Waals surface area contributed by atoms with E-state index >= 15 is 0 Å². The molecule has 2 aromatic rings. The Hall–Kier alpha value is -1.73. The molecule has 0 radical (unpaired) electrons. The van der Waals surface area contributed by atoms with Crippen LogP contribution in [0.1, 0.15) is 19.3 Å². The smallest absolute Gasteiger partial charge is 0.226 e. The molecular formula is C15H16N2O3S2. The zero-order chi connectivity index (χ0) is 15.7. The molecular weight excluding hydrogens is 320 g/mol. The normalized spacial score (nSPS) is 18.0. The SMILES string of the molecule is CS(=O)(=O)c1ccc2nc(NC(=O)CC3C=CCC3)sc2c1. The van der Waals surface area contributed by atoms with E-state index in [4.69, 9.17) is 0 Å². The molecule has 0 aliphatic heterocycles. The average Bonchev–Trinajstić information content (AvgIpc) is 3.04. The number of nitrogens with zero attached hydrogens (tertiary/aromatic N) is 1. The van der Waals surface area contributed by atoms with Gasteiger partial charge in [0.15, 0.2) is 15.0 Å². The zero-order valence-electron chi connectivity index (χ0n) is 12.1. The maximum Gasteiger partial charge on any atom is 0.226 e. The van der Waals surface area contributed by atoms with Crippen LogP contribution in [0.25, 0.3) is 10.2 Å². The molecule has 1 N–H and O–H groups in total. The number of rotatable bonds is 4. The van der Waals surface area contributed by atoms with E-state index in [-0.39, 0.29) is 10.8 Å². The van der Waals surface area contributed by atoms with Gasteiger partial charge in [-0.25, -0.2) is 13.4 Å². The molecule has 5 nitrogen and oxygen atoms in total. The number of anilines is 1. The summed E-state index contributed by atoms with van der Waals surface area (Å²) in [5.74, 6) is 0.255. The first kappa shape index (κ1) is 15.2. The predicted octanol–water partition coefficient (Wildman–Crippen LogP) is 2.99. The van der Waals surface area contributed by atoms with Crippen molar-refractivity contribution < 1.29 is 13.2 Å². The Kier molecular flexibility index (Phi) is 4.01. The summed E-state index contributed by atoms with van der Waals surface area (Å²) in [7, 11) is -3.24. The zero-order valence-corrected chi connectivity index (χ0v) is 13.7. The highest BCUT2D eigenvalue weighted by molar-refractivity contribution is 7.90. The summed E-state index contributed by atoms with van der Waals surface area (Å²) in [4.78, 5) is 16.6. The number of hydrogen-bond acceptors (Lipinski definition) is 5. The minimum absolute atomic E-state index is 0.0565. The fourth-order valence-electron chi connectivity index (χ4n) is 2.46. The lowest BCUT2D eigenvalue weighted by Gasteiger charge is -2.06. The number of hydrogen-bond donors (Lipinski definition) is 1. The molecule has 1 atom stereocenters. The van der Waals surface area contributed by atoms with Crippen LogP contribution in [-0.4, -0.2) is 25.6 Å². The number of carbonyl (C=O) groups is 1. The van der Waals surface area contributed by atoms with Crippen LogP contribution in [0.15, 0.2) is 35.2 Å². The van der Waals surface area contributed by atoms with E-state index < -0.39 is 9.84 Å². The predicted molar refractivity (Wildman–Crippen MR) is 87.8 cm³/mol. The molecule has 0 saturated heterocycles. The number of aromatic nitrogens is 1. The maximum atomic E-state index is 12.0. The molecule has 1 unspecified atom stereocenters. The van der Waals surface area contributed by atoms with Crippen LogP contribution in [0.5, 0.6) is 0 Å². The summed E-state index contributed by atoms with van der Waals surface area (Å²) in [6, 6.07) is 4.79. The summed E-state index contributed by atoms with van der Waals surface area (Å²) in [6.45, 7) is 0. The van der Waals surface area contributed by atoms with E-state index in [0.717, 1.165) is 17.5 Å². The second-order valence-electron chi connectivity index (χ2n) is 5.44. The van der Waals surface area contributed by atoms with E-state index in [0.29, 0.717) is 23.0 Å². The van der Waals surface area contributed by atoms with Crippen LogP contribution in [0.3, 0.4) is 0 Å². The van der Waals surface area contributed by atoms with Crippen LogP contribution in [-0.2, 0) is 14.6 Å². The van der Waals surface area contributed by atoms with Gasteiger partial charge in [-0.3, -0.25) is 4.79 Å². The molecule has 0 bridgehead atoms. The molecule has 0 fully saturated rings. The molecule has 1 aliphatic rings. The van der Waals surface area contributed by atoms with E-state index in [1.54, 1.807) is 12.1 Å². The monoisotopic (exact) mass is 336 g/mol. The lowest BCUT2D eigenvalue weighted by Crippen LogP contribution is -2.14. The van der Waals surface area contributed by atoms with Crippen molar-refractivity contribution in [2.75, 3.05) is 11.6 Å². The third kappa shape index (κ3) is 3.36. The second kappa shape index (κ2) is 5.81. The van der Waals surface area contributed by atoms with Crippen LogP contribution < -0.4 is 5.32 Å². The van der Waals surface area contributed by atoms with Crippen LogP contribution in [0.4, 0.5) is 5.13 Å². The molecule has 1 aromatic heterocycles. The number of fused-ring (bicyclic) bond motifs is 1. The number of allylic oxidation sites excluding steroid dienone is 2. The van der Waals surface area contributed by atoms with Crippen LogP contribution in [0, 0.1) is 5.92 Å². The van der Waals surface area contributed by atoms with Gasteiger partial charge < -0.3 is 5.32 Å². The van der Waals surface area contributed by atoms with Gasteiger partial charge in [-0.1, -0.05) is 23.5 Å². The molecule has 116 valence electrons. The quantitative estimate of drug-likeness (QED) is 0.871. The number of benzene rings is 1. The minimum atomic E-state index is -3.24. The molecule has 0 saturated carbocycles. The van der Waals surface area contributed by atoms with Gasteiger partial charge in [0.25, 0.3) is 0 Å². The molecule has 1 aliphatic carbocycles. The first-order valence-corrected chi connectivity index (χ1v) is 9.70. The van der Waals surface area contributed by atoms with Crippen LogP contribution >= 0.6 is 11.3 Å². The van der Waals surface area contributed by atoms with Gasteiger partial charge in [0, 0.05) is 12.7 Å². The molecule has 3 rings (SSSR count). The Labute approximate surface area is 133 Å².